The Kier molecular flexibility index (Phi) is 4.40. The fourth-order valence-corrected chi connectivity index (χ4v) is 4.08. The number of fused-ring (bicyclic) bond motifs is 2. The number of nitrogens with one attached hydrogen (secondary N) is 1. The van der Waals surface area contributed by atoms with Crippen LogP contribution in [0.15, 0.2) is 85.5 Å². The van der Waals surface area contributed by atoms with Crippen LogP contribution in [0.1, 0.15) is 5.82 Å². The lowest BCUT2D eigenvalue weighted by Gasteiger charge is -2.10. The molecular formula is C26H21N7. The van der Waals surface area contributed by atoms with Crippen LogP contribution < -0.4 is 5.32 Å². The van der Waals surface area contributed by atoms with Gasteiger partial charge in [-0.3, -0.25) is 0 Å². The normalized spacial score (nSPS) is 11.3. The van der Waals surface area contributed by atoms with Crippen molar-refractivity contribution in [3.8, 4) is 16.8 Å². The van der Waals surface area contributed by atoms with Crippen LogP contribution in [0.2, 0.25) is 0 Å². The summed E-state index contributed by atoms with van der Waals surface area (Å²) in [5.74, 6) is 1.29. The molecular weight excluding hydrogens is 410 g/mol. The average molecular weight is 432 g/mol. The van der Waals surface area contributed by atoms with Gasteiger partial charge in [0.1, 0.15) is 12.2 Å². The zero-order chi connectivity index (χ0) is 22.4. The summed E-state index contributed by atoms with van der Waals surface area (Å²) in [5.41, 5.74) is 6.17. The summed E-state index contributed by atoms with van der Waals surface area (Å²) in [6.45, 7) is 1.87. The quantitative estimate of drug-likeness (QED) is 0.403. The van der Waals surface area contributed by atoms with E-state index in [9.17, 15) is 0 Å². The van der Waals surface area contributed by atoms with Gasteiger partial charge in [-0.15, -0.1) is 0 Å². The first-order chi connectivity index (χ1) is 16.1. The number of hydrogen-bond donors (Lipinski definition) is 1. The Morgan fingerprint density at radius 2 is 1.76 bits per heavy atom. The number of aromatic nitrogens is 6. The highest BCUT2D eigenvalue weighted by molar-refractivity contribution is 5.96. The summed E-state index contributed by atoms with van der Waals surface area (Å²) in [5, 5.41) is 9.90. The lowest BCUT2D eigenvalue weighted by Crippen LogP contribution is -1.99. The van der Waals surface area contributed by atoms with Crippen LogP contribution in [-0.2, 0) is 7.05 Å². The van der Waals surface area contributed by atoms with Crippen LogP contribution in [0.3, 0.4) is 0 Å². The SMILES string of the molecule is Cc1ncn(-c2ccc(Nc3ncc4cccc(-c5ccc6ccn(C)c6c5)c4n3)cc2)n1. The van der Waals surface area contributed by atoms with Crippen LogP contribution in [-0.4, -0.2) is 29.3 Å². The van der Waals surface area contributed by atoms with Gasteiger partial charge in [-0.1, -0.05) is 30.3 Å². The lowest BCUT2D eigenvalue weighted by atomic mass is 10.0. The van der Waals surface area contributed by atoms with Gasteiger partial charge in [0.15, 0.2) is 0 Å². The van der Waals surface area contributed by atoms with Crippen molar-refractivity contribution in [2.75, 3.05) is 5.32 Å². The summed E-state index contributed by atoms with van der Waals surface area (Å²) in [4.78, 5) is 13.6. The summed E-state index contributed by atoms with van der Waals surface area (Å²) < 4.78 is 3.89. The molecule has 3 aromatic carbocycles. The van der Waals surface area contributed by atoms with Crippen LogP contribution in [0.25, 0.3) is 38.6 Å². The highest BCUT2D eigenvalue weighted by Crippen LogP contribution is 2.30. The van der Waals surface area contributed by atoms with Gasteiger partial charge in [-0.25, -0.2) is 19.6 Å². The van der Waals surface area contributed by atoms with Crippen LogP contribution in [0, 0.1) is 6.92 Å². The van der Waals surface area contributed by atoms with Gasteiger partial charge >= 0.3 is 0 Å². The van der Waals surface area contributed by atoms with Crippen molar-refractivity contribution in [2.45, 2.75) is 6.92 Å². The minimum Gasteiger partial charge on any atom is -0.351 e. The smallest absolute Gasteiger partial charge is 0.227 e. The van der Waals surface area contributed by atoms with E-state index in [2.05, 4.69) is 68.5 Å². The van der Waals surface area contributed by atoms with Crippen LogP contribution >= 0.6 is 0 Å². The molecule has 0 spiro atoms. The van der Waals surface area contributed by atoms with E-state index in [-0.39, 0.29) is 0 Å². The maximum atomic E-state index is 4.86. The van der Waals surface area contributed by atoms with E-state index in [1.807, 2.05) is 49.5 Å². The molecule has 6 aromatic rings. The van der Waals surface area contributed by atoms with Crippen molar-refractivity contribution < 1.29 is 0 Å². The van der Waals surface area contributed by atoms with E-state index in [0.717, 1.165) is 39.2 Å². The number of benzene rings is 3. The standard InChI is InChI=1S/C26H21N7/c1-17-28-16-33(31-17)22-10-8-21(9-11-22)29-26-27-15-20-4-3-5-23(25(20)30-26)19-7-6-18-12-13-32(2)24(18)14-19/h3-16H,1-2H3,(H,27,29,30). The first-order valence-electron chi connectivity index (χ1n) is 10.7. The first kappa shape index (κ1) is 19.2. The van der Waals surface area contributed by atoms with Crippen LogP contribution in [0.5, 0.6) is 0 Å². The van der Waals surface area contributed by atoms with Crippen LogP contribution in [0.4, 0.5) is 11.6 Å². The third-order valence-electron chi connectivity index (χ3n) is 5.80. The van der Waals surface area contributed by atoms with E-state index in [4.69, 9.17) is 4.98 Å². The van der Waals surface area contributed by atoms with Crippen molar-refractivity contribution in [1.29, 1.82) is 0 Å². The summed E-state index contributed by atoms with van der Waals surface area (Å²) in [6.07, 6.45) is 5.65. The molecule has 0 atom stereocenters. The third-order valence-corrected chi connectivity index (χ3v) is 5.80. The number of hydrogen-bond acceptors (Lipinski definition) is 5. The van der Waals surface area contributed by atoms with Gasteiger partial charge in [0.2, 0.25) is 5.95 Å². The van der Waals surface area contributed by atoms with Gasteiger partial charge in [0.05, 0.1) is 11.2 Å². The van der Waals surface area contributed by atoms with Gasteiger partial charge in [-0.05, 0) is 54.3 Å². The molecule has 0 aliphatic heterocycles. The Morgan fingerprint density at radius 3 is 2.58 bits per heavy atom. The molecule has 0 fully saturated rings. The minimum absolute atomic E-state index is 0.555. The van der Waals surface area contributed by atoms with E-state index in [1.165, 1.54) is 10.9 Å². The fraction of sp³-hybridized carbons (Fsp3) is 0.0769. The Morgan fingerprint density at radius 1 is 0.879 bits per heavy atom. The minimum atomic E-state index is 0.555. The highest BCUT2D eigenvalue weighted by atomic mass is 15.3. The number of aryl methyl sites for hydroxylation is 2. The molecule has 1 N–H and O–H groups in total. The molecule has 0 amide bonds. The molecule has 0 saturated heterocycles. The van der Waals surface area contributed by atoms with E-state index >= 15 is 0 Å². The number of nitrogens with zero attached hydrogens (tertiary/aromatic N) is 6. The Hall–Kier alpha value is -4.52. The molecule has 0 saturated carbocycles. The molecule has 3 aromatic heterocycles. The molecule has 0 unspecified atom stereocenters. The second-order valence-corrected chi connectivity index (χ2v) is 8.05. The Labute approximate surface area is 190 Å². The Bertz CT molecular complexity index is 1610. The molecule has 33 heavy (non-hydrogen) atoms. The highest BCUT2D eigenvalue weighted by Gasteiger charge is 2.10. The number of rotatable bonds is 4. The largest absolute Gasteiger partial charge is 0.351 e. The fourth-order valence-electron chi connectivity index (χ4n) is 4.08. The van der Waals surface area contributed by atoms with E-state index in [0.29, 0.717) is 5.95 Å². The predicted molar refractivity (Wildman–Crippen MR) is 131 cm³/mol. The summed E-state index contributed by atoms with van der Waals surface area (Å²) >= 11 is 0. The topological polar surface area (TPSA) is 73.5 Å². The zero-order valence-electron chi connectivity index (χ0n) is 18.3. The maximum absolute atomic E-state index is 4.86. The summed E-state index contributed by atoms with van der Waals surface area (Å²) in [6, 6.07) is 22.8. The first-order valence-corrected chi connectivity index (χ1v) is 10.7. The van der Waals surface area contributed by atoms with Gasteiger partial charge in [0.25, 0.3) is 0 Å². The van der Waals surface area contributed by atoms with Crippen molar-refractivity contribution in [2.24, 2.45) is 7.05 Å². The van der Waals surface area contributed by atoms with Crippen molar-refractivity contribution in [1.82, 2.24) is 29.3 Å². The molecule has 0 radical (unpaired) electrons. The Balaban J connectivity index is 1.35. The van der Waals surface area contributed by atoms with Crippen molar-refractivity contribution in [3.63, 3.8) is 0 Å². The lowest BCUT2D eigenvalue weighted by molar-refractivity contribution is 0.863. The molecule has 160 valence electrons. The molecule has 0 aliphatic rings. The molecule has 7 heteroatoms. The molecule has 6 rings (SSSR count). The molecule has 7 nitrogen and oxygen atoms in total. The summed E-state index contributed by atoms with van der Waals surface area (Å²) in [7, 11) is 2.06. The predicted octanol–water partition coefficient (Wildman–Crippen LogP) is 5.42. The number of para-hydroxylation sites is 1. The van der Waals surface area contributed by atoms with Gasteiger partial charge < -0.3 is 9.88 Å². The monoisotopic (exact) mass is 431 g/mol. The van der Waals surface area contributed by atoms with Gasteiger partial charge in [0, 0.05) is 41.6 Å². The second kappa shape index (κ2) is 7.56. The average Bonchev–Trinajstić information content (AvgIpc) is 3.44. The zero-order valence-corrected chi connectivity index (χ0v) is 18.3. The second-order valence-electron chi connectivity index (χ2n) is 8.05. The molecule has 0 aliphatic carbocycles. The van der Waals surface area contributed by atoms with Crippen molar-refractivity contribution >= 4 is 33.4 Å². The molecule has 0 bridgehead atoms. The van der Waals surface area contributed by atoms with Gasteiger partial charge in [-0.2, -0.15) is 5.10 Å². The van der Waals surface area contributed by atoms with E-state index in [1.54, 1.807) is 11.0 Å². The molecule has 3 heterocycles. The van der Waals surface area contributed by atoms with E-state index < -0.39 is 0 Å². The third kappa shape index (κ3) is 3.49. The number of anilines is 2. The maximum Gasteiger partial charge on any atom is 0.227 e. The van der Waals surface area contributed by atoms with Crippen molar-refractivity contribution in [3.05, 3.63) is 91.3 Å².